The molecule has 0 amide bonds. The van der Waals surface area contributed by atoms with Crippen LogP contribution in [-0.4, -0.2) is 35.3 Å². The first-order valence-corrected chi connectivity index (χ1v) is 8.77. The van der Waals surface area contributed by atoms with Gasteiger partial charge in [0, 0.05) is 18.0 Å². The lowest BCUT2D eigenvalue weighted by molar-refractivity contribution is 0.0988. The molecule has 24 heavy (non-hydrogen) atoms. The van der Waals surface area contributed by atoms with Crippen molar-refractivity contribution in [1.29, 1.82) is 0 Å². The van der Waals surface area contributed by atoms with Gasteiger partial charge in [0.25, 0.3) is 0 Å². The van der Waals surface area contributed by atoms with E-state index in [0.717, 1.165) is 49.5 Å². The van der Waals surface area contributed by atoms with E-state index in [2.05, 4.69) is 14.9 Å². The van der Waals surface area contributed by atoms with E-state index in [0.29, 0.717) is 17.4 Å². The Morgan fingerprint density at radius 2 is 2.04 bits per heavy atom. The van der Waals surface area contributed by atoms with Crippen LogP contribution >= 0.6 is 11.6 Å². The molecule has 2 bridgehead atoms. The Bertz CT molecular complexity index is 798. The predicted octanol–water partition coefficient (Wildman–Crippen LogP) is 3.32. The van der Waals surface area contributed by atoms with Gasteiger partial charge in [-0.1, -0.05) is 12.1 Å². The van der Waals surface area contributed by atoms with Gasteiger partial charge in [-0.25, -0.2) is 14.4 Å². The predicted molar refractivity (Wildman–Crippen MR) is 89.1 cm³/mol. The summed E-state index contributed by atoms with van der Waals surface area (Å²) < 4.78 is 18.9. The van der Waals surface area contributed by atoms with E-state index in [1.54, 1.807) is 0 Å². The van der Waals surface area contributed by atoms with Crippen molar-refractivity contribution in [3.63, 3.8) is 0 Å². The molecule has 3 heterocycles. The van der Waals surface area contributed by atoms with Crippen LogP contribution in [0.15, 0.2) is 24.3 Å². The summed E-state index contributed by atoms with van der Waals surface area (Å²) in [5.41, 5.74) is 3.28. The molecule has 0 spiro atoms. The Balaban J connectivity index is 1.56. The normalized spacial score (nSPS) is 27.8. The third-order valence-electron chi connectivity index (χ3n) is 5.45. The molecule has 0 saturated carbocycles. The second-order valence-corrected chi connectivity index (χ2v) is 7.16. The molecule has 1 aromatic heterocycles. The van der Waals surface area contributed by atoms with Crippen molar-refractivity contribution >= 4 is 17.4 Å². The van der Waals surface area contributed by atoms with Crippen molar-refractivity contribution in [2.75, 3.05) is 18.1 Å². The van der Waals surface area contributed by atoms with Crippen LogP contribution in [0.25, 0.3) is 0 Å². The molecule has 6 heteroatoms. The molecular weight excluding hydrogens is 329 g/mol. The molecule has 2 aliphatic heterocycles. The van der Waals surface area contributed by atoms with Gasteiger partial charge in [-0.15, -0.1) is 0 Å². The summed E-state index contributed by atoms with van der Waals surface area (Å²) in [6.07, 6.45) is 3.27. The van der Waals surface area contributed by atoms with Crippen LogP contribution < -0.4 is 4.90 Å². The van der Waals surface area contributed by atoms with Gasteiger partial charge >= 0.3 is 0 Å². The highest BCUT2D eigenvalue weighted by Gasteiger charge is 2.42. The monoisotopic (exact) mass is 345 g/mol. The molecular formula is C18H17ClFN3O. The van der Waals surface area contributed by atoms with Crippen molar-refractivity contribution in [3.8, 4) is 0 Å². The summed E-state index contributed by atoms with van der Waals surface area (Å²) in [6.45, 7) is 1.65. The van der Waals surface area contributed by atoms with Crippen LogP contribution in [-0.2, 0) is 11.2 Å². The molecule has 124 valence electrons. The first-order valence-electron chi connectivity index (χ1n) is 8.39. The number of morpholine rings is 1. The van der Waals surface area contributed by atoms with E-state index >= 15 is 0 Å². The van der Waals surface area contributed by atoms with Gasteiger partial charge in [0.1, 0.15) is 11.6 Å². The molecule has 2 aromatic rings. The number of nitrogens with zero attached hydrogens (tertiary/aromatic N) is 3. The topological polar surface area (TPSA) is 38.2 Å². The van der Waals surface area contributed by atoms with Crippen molar-refractivity contribution in [2.24, 2.45) is 0 Å². The highest BCUT2D eigenvalue weighted by Crippen LogP contribution is 2.43. The number of anilines is 1. The highest BCUT2D eigenvalue weighted by molar-refractivity contribution is 6.28. The van der Waals surface area contributed by atoms with E-state index in [1.807, 2.05) is 12.1 Å². The van der Waals surface area contributed by atoms with Gasteiger partial charge in [-0.3, -0.25) is 0 Å². The summed E-state index contributed by atoms with van der Waals surface area (Å²) in [4.78, 5) is 11.4. The smallest absolute Gasteiger partial charge is 0.224 e. The van der Waals surface area contributed by atoms with Crippen LogP contribution in [0.3, 0.4) is 0 Å². The number of halogens is 2. The van der Waals surface area contributed by atoms with Gasteiger partial charge in [-0.05, 0) is 48.6 Å². The minimum absolute atomic E-state index is 0.163. The number of hydrogen-bond donors (Lipinski definition) is 0. The fourth-order valence-electron chi connectivity index (χ4n) is 4.33. The second-order valence-electron chi connectivity index (χ2n) is 6.82. The quantitative estimate of drug-likeness (QED) is 0.783. The largest absolute Gasteiger partial charge is 0.374 e. The molecule has 1 aliphatic carbocycles. The summed E-state index contributed by atoms with van der Waals surface area (Å²) in [6, 6.07) is 7.10. The fraction of sp³-hybridized carbons (Fsp3) is 0.444. The van der Waals surface area contributed by atoms with E-state index in [1.165, 1.54) is 17.7 Å². The summed E-state index contributed by atoms with van der Waals surface area (Å²) in [7, 11) is 0. The Kier molecular flexibility index (Phi) is 3.28. The molecule has 1 aromatic carbocycles. The van der Waals surface area contributed by atoms with Crippen LogP contribution in [0.5, 0.6) is 0 Å². The molecule has 2 fully saturated rings. The lowest BCUT2D eigenvalue weighted by atomic mass is 9.97. The minimum atomic E-state index is -0.216. The highest BCUT2D eigenvalue weighted by atomic mass is 35.5. The van der Waals surface area contributed by atoms with Gasteiger partial charge in [-0.2, -0.15) is 0 Å². The summed E-state index contributed by atoms with van der Waals surface area (Å²) in [5, 5.41) is 0.293. The van der Waals surface area contributed by atoms with Crippen LogP contribution in [0.4, 0.5) is 10.2 Å². The average molecular weight is 346 g/mol. The zero-order chi connectivity index (χ0) is 16.3. The Morgan fingerprint density at radius 3 is 2.75 bits per heavy atom. The molecule has 3 atom stereocenters. The maximum atomic E-state index is 13.2. The second kappa shape index (κ2) is 5.39. The summed E-state index contributed by atoms with van der Waals surface area (Å²) >= 11 is 6.25. The van der Waals surface area contributed by atoms with E-state index in [4.69, 9.17) is 16.3 Å². The van der Waals surface area contributed by atoms with E-state index in [9.17, 15) is 4.39 Å². The molecule has 0 radical (unpaired) electrons. The molecule has 4 nitrogen and oxygen atoms in total. The number of hydrogen-bond acceptors (Lipinski definition) is 4. The van der Waals surface area contributed by atoms with Crippen molar-refractivity contribution in [1.82, 2.24) is 9.97 Å². The van der Waals surface area contributed by atoms with Gasteiger partial charge in [0.05, 0.1) is 24.4 Å². The first-order chi connectivity index (χ1) is 11.7. The zero-order valence-corrected chi connectivity index (χ0v) is 13.8. The third kappa shape index (κ3) is 2.22. The molecule has 0 N–H and O–H groups in total. The van der Waals surface area contributed by atoms with Crippen molar-refractivity contribution in [2.45, 2.75) is 37.3 Å². The standard InChI is InChI=1S/C18H17ClFN3O/c19-18-21-16-14(10-1-3-11(20)4-2-10)5-6-15(16)17(22-18)23-8-13-7-12(23)9-24-13/h1-4,12-14H,5-9H2/t12-,13-,14?/m0/s1. The van der Waals surface area contributed by atoms with E-state index < -0.39 is 0 Å². The molecule has 3 aliphatic rings. The van der Waals surface area contributed by atoms with Crippen molar-refractivity contribution < 1.29 is 9.13 Å². The number of ether oxygens (including phenoxy) is 1. The lowest BCUT2D eigenvalue weighted by Crippen LogP contribution is -2.38. The first kappa shape index (κ1) is 14.6. The van der Waals surface area contributed by atoms with E-state index in [-0.39, 0.29) is 11.7 Å². The van der Waals surface area contributed by atoms with Crippen molar-refractivity contribution in [3.05, 3.63) is 52.2 Å². The van der Waals surface area contributed by atoms with Crippen LogP contribution in [0, 0.1) is 5.82 Å². The third-order valence-corrected chi connectivity index (χ3v) is 5.62. The molecule has 1 unspecified atom stereocenters. The summed E-state index contributed by atoms with van der Waals surface area (Å²) in [5.74, 6) is 0.924. The number of rotatable bonds is 2. The maximum absolute atomic E-state index is 13.2. The maximum Gasteiger partial charge on any atom is 0.224 e. The van der Waals surface area contributed by atoms with Gasteiger partial charge in [0.2, 0.25) is 5.28 Å². The zero-order valence-electron chi connectivity index (χ0n) is 13.1. The number of fused-ring (bicyclic) bond motifs is 3. The minimum Gasteiger partial charge on any atom is -0.374 e. The SMILES string of the molecule is Fc1ccc(C2CCc3c2nc(Cl)nc3N2C[C@@H]3C[C@H]2CO3)cc1. The fourth-order valence-corrected chi connectivity index (χ4v) is 4.50. The number of benzene rings is 1. The average Bonchev–Trinajstić information content (AvgIpc) is 3.29. The molecule has 2 saturated heterocycles. The lowest BCUT2D eigenvalue weighted by Gasteiger charge is -2.29. The Morgan fingerprint density at radius 1 is 1.21 bits per heavy atom. The van der Waals surface area contributed by atoms with Gasteiger partial charge < -0.3 is 9.64 Å². The Labute approximate surface area is 144 Å². The molecule has 5 rings (SSSR count). The Hall–Kier alpha value is -1.72. The van der Waals surface area contributed by atoms with Gasteiger partial charge in [0.15, 0.2) is 0 Å². The number of aromatic nitrogens is 2. The van der Waals surface area contributed by atoms with Crippen LogP contribution in [0.2, 0.25) is 5.28 Å². The van der Waals surface area contributed by atoms with Crippen LogP contribution in [0.1, 0.15) is 35.6 Å².